The maximum Gasteiger partial charge on any atom is 0.256 e. The molecular formula is C18H15N3O. The van der Waals surface area contributed by atoms with Crippen molar-refractivity contribution in [3.8, 4) is 0 Å². The average Bonchev–Trinajstić information content (AvgIpc) is 2.99. The normalized spacial score (nSPS) is 15.4. The Bertz CT molecular complexity index is 950. The van der Waals surface area contributed by atoms with Crippen LogP contribution in [0.1, 0.15) is 17.0 Å². The van der Waals surface area contributed by atoms with Crippen LogP contribution in [0, 0.1) is 6.92 Å². The molecule has 22 heavy (non-hydrogen) atoms. The Morgan fingerprint density at radius 2 is 2.00 bits per heavy atom. The number of aryl methyl sites for hydroxylation is 2. The van der Waals surface area contributed by atoms with Crippen LogP contribution in [0.25, 0.3) is 22.7 Å². The Kier molecular flexibility index (Phi) is 2.66. The van der Waals surface area contributed by atoms with Crippen LogP contribution < -0.4 is 5.32 Å². The molecule has 0 aliphatic carbocycles. The highest BCUT2D eigenvalue weighted by molar-refractivity contribution is 6.34. The number of carbonyl (C=O) groups is 1. The van der Waals surface area contributed by atoms with Gasteiger partial charge in [-0.05, 0) is 37.3 Å². The molecule has 3 aromatic rings. The standard InChI is InChI=1S/C18H15N3O/c1-11-7-8-14-12(9-11)13(18(22)20-14)10-17-19-15-5-3-4-6-16(15)21(17)2/h3-10H,1-2H3,(H,20,22)/b13-10+. The van der Waals surface area contributed by atoms with Gasteiger partial charge in [0, 0.05) is 18.3 Å². The summed E-state index contributed by atoms with van der Waals surface area (Å²) < 4.78 is 2.00. The maximum absolute atomic E-state index is 12.3. The Labute approximate surface area is 128 Å². The smallest absolute Gasteiger partial charge is 0.256 e. The molecule has 0 fully saturated rings. The topological polar surface area (TPSA) is 46.9 Å². The van der Waals surface area contributed by atoms with Gasteiger partial charge in [-0.3, -0.25) is 4.79 Å². The van der Waals surface area contributed by atoms with Crippen LogP contribution in [0.3, 0.4) is 0 Å². The highest BCUT2D eigenvalue weighted by atomic mass is 16.2. The van der Waals surface area contributed by atoms with Crippen LogP contribution in [0.5, 0.6) is 0 Å². The first-order valence-corrected chi connectivity index (χ1v) is 7.19. The molecule has 0 saturated heterocycles. The molecule has 0 bridgehead atoms. The van der Waals surface area contributed by atoms with Crippen LogP contribution in [-0.4, -0.2) is 15.5 Å². The van der Waals surface area contributed by atoms with Gasteiger partial charge < -0.3 is 9.88 Å². The van der Waals surface area contributed by atoms with Gasteiger partial charge in [0.05, 0.1) is 16.6 Å². The van der Waals surface area contributed by atoms with Crippen molar-refractivity contribution >= 4 is 34.3 Å². The fourth-order valence-corrected chi connectivity index (χ4v) is 2.87. The van der Waals surface area contributed by atoms with Gasteiger partial charge in [-0.15, -0.1) is 0 Å². The van der Waals surface area contributed by atoms with Crippen molar-refractivity contribution in [1.29, 1.82) is 0 Å². The number of hydrogen-bond acceptors (Lipinski definition) is 2. The molecule has 0 radical (unpaired) electrons. The second-order valence-corrected chi connectivity index (χ2v) is 5.58. The summed E-state index contributed by atoms with van der Waals surface area (Å²) in [5, 5.41) is 2.90. The molecule has 1 aliphatic heterocycles. The van der Waals surface area contributed by atoms with E-state index in [9.17, 15) is 4.79 Å². The minimum absolute atomic E-state index is 0.0762. The highest BCUT2D eigenvalue weighted by Crippen LogP contribution is 2.33. The van der Waals surface area contributed by atoms with E-state index in [-0.39, 0.29) is 5.91 Å². The first-order valence-electron chi connectivity index (χ1n) is 7.19. The predicted octanol–water partition coefficient (Wildman–Crippen LogP) is 3.37. The van der Waals surface area contributed by atoms with Gasteiger partial charge in [-0.1, -0.05) is 23.8 Å². The van der Waals surface area contributed by atoms with E-state index < -0.39 is 0 Å². The van der Waals surface area contributed by atoms with E-state index in [0.717, 1.165) is 33.7 Å². The van der Waals surface area contributed by atoms with E-state index in [4.69, 9.17) is 0 Å². The number of nitrogens with one attached hydrogen (secondary N) is 1. The minimum Gasteiger partial charge on any atom is -0.328 e. The lowest BCUT2D eigenvalue weighted by Crippen LogP contribution is -2.04. The molecule has 0 atom stereocenters. The highest BCUT2D eigenvalue weighted by Gasteiger charge is 2.24. The summed E-state index contributed by atoms with van der Waals surface area (Å²) in [5.74, 6) is 0.702. The van der Waals surface area contributed by atoms with Crippen molar-refractivity contribution in [2.24, 2.45) is 7.05 Å². The van der Waals surface area contributed by atoms with Crippen molar-refractivity contribution in [3.05, 3.63) is 59.4 Å². The van der Waals surface area contributed by atoms with E-state index in [1.165, 1.54) is 0 Å². The molecule has 1 N–H and O–H groups in total. The van der Waals surface area contributed by atoms with Crippen LogP contribution in [0.4, 0.5) is 5.69 Å². The number of anilines is 1. The number of nitrogens with zero attached hydrogens (tertiary/aromatic N) is 2. The zero-order chi connectivity index (χ0) is 15.3. The Hall–Kier alpha value is -2.88. The van der Waals surface area contributed by atoms with Crippen LogP contribution in [0.2, 0.25) is 0 Å². The first kappa shape index (κ1) is 12.8. The molecule has 108 valence electrons. The number of fused-ring (bicyclic) bond motifs is 2. The second-order valence-electron chi connectivity index (χ2n) is 5.58. The molecule has 4 heteroatoms. The molecule has 0 spiro atoms. The molecule has 0 saturated carbocycles. The Morgan fingerprint density at radius 1 is 1.18 bits per heavy atom. The van der Waals surface area contributed by atoms with Crippen molar-refractivity contribution in [2.45, 2.75) is 6.92 Å². The zero-order valence-corrected chi connectivity index (χ0v) is 12.4. The maximum atomic E-state index is 12.3. The summed E-state index contributed by atoms with van der Waals surface area (Å²) in [7, 11) is 1.96. The number of rotatable bonds is 1. The molecule has 1 aliphatic rings. The summed E-state index contributed by atoms with van der Waals surface area (Å²) in [6.07, 6.45) is 1.86. The fraction of sp³-hybridized carbons (Fsp3) is 0.111. The Morgan fingerprint density at radius 3 is 2.82 bits per heavy atom. The number of amides is 1. The number of benzene rings is 2. The number of para-hydroxylation sites is 2. The fourth-order valence-electron chi connectivity index (χ4n) is 2.87. The number of imidazole rings is 1. The predicted molar refractivity (Wildman–Crippen MR) is 88.4 cm³/mol. The summed E-state index contributed by atoms with van der Waals surface area (Å²) in [6, 6.07) is 13.9. The van der Waals surface area contributed by atoms with Gasteiger partial charge in [0.15, 0.2) is 0 Å². The molecular weight excluding hydrogens is 274 g/mol. The van der Waals surface area contributed by atoms with E-state index in [1.54, 1.807) is 0 Å². The van der Waals surface area contributed by atoms with Crippen molar-refractivity contribution in [1.82, 2.24) is 9.55 Å². The number of hydrogen-bond donors (Lipinski definition) is 1. The van der Waals surface area contributed by atoms with Gasteiger partial charge >= 0.3 is 0 Å². The number of aromatic nitrogens is 2. The van der Waals surface area contributed by atoms with Crippen molar-refractivity contribution < 1.29 is 4.79 Å². The molecule has 1 aromatic heterocycles. The third-order valence-corrected chi connectivity index (χ3v) is 4.05. The lowest BCUT2D eigenvalue weighted by molar-refractivity contribution is -0.110. The molecule has 2 aromatic carbocycles. The third-order valence-electron chi connectivity index (χ3n) is 4.05. The van der Waals surface area contributed by atoms with Gasteiger partial charge in [0.1, 0.15) is 5.82 Å². The summed E-state index contributed by atoms with van der Waals surface area (Å²) in [4.78, 5) is 16.9. The summed E-state index contributed by atoms with van der Waals surface area (Å²) in [6.45, 7) is 2.02. The van der Waals surface area contributed by atoms with E-state index in [2.05, 4.69) is 10.3 Å². The van der Waals surface area contributed by atoms with Crippen LogP contribution in [-0.2, 0) is 11.8 Å². The third kappa shape index (κ3) is 1.84. The molecule has 1 amide bonds. The molecule has 4 rings (SSSR count). The van der Waals surface area contributed by atoms with Gasteiger partial charge in [0.25, 0.3) is 5.91 Å². The molecule has 4 nitrogen and oxygen atoms in total. The SMILES string of the molecule is Cc1ccc2c(c1)/C(=C\c1nc3ccccc3n1C)C(=O)N2. The Balaban J connectivity index is 1.91. The van der Waals surface area contributed by atoms with E-state index >= 15 is 0 Å². The summed E-state index contributed by atoms with van der Waals surface area (Å²) >= 11 is 0. The van der Waals surface area contributed by atoms with Gasteiger partial charge in [-0.25, -0.2) is 4.98 Å². The molecule has 0 unspecified atom stereocenters. The minimum atomic E-state index is -0.0762. The largest absolute Gasteiger partial charge is 0.328 e. The van der Waals surface area contributed by atoms with Crippen LogP contribution >= 0.6 is 0 Å². The van der Waals surface area contributed by atoms with E-state index in [0.29, 0.717) is 5.57 Å². The quantitative estimate of drug-likeness (QED) is 0.698. The van der Waals surface area contributed by atoms with E-state index in [1.807, 2.05) is 67.1 Å². The average molecular weight is 289 g/mol. The monoisotopic (exact) mass is 289 g/mol. The second kappa shape index (κ2) is 4.56. The van der Waals surface area contributed by atoms with Crippen molar-refractivity contribution in [3.63, 3.8) is 0 Å². The van der Waals surface area contributed by atoms with Gasteiger partial charge in [-0.2, -0.15) is 0 Å². The lowest BCUT2D eigenvalue weighted by Gasteiger charge is -2.01. The van der Waals surface area contributed by atoms with Crippen LogP contribution in [0.15, 0.2) is 42.5 Å². The zero-order valence-electron chi connectivity index (χ0n) is 12.4. The van der Waals surface area contributed by atoms with Gasteiger partial charge in [0.2, 0.25) is 0 Å². The first-order chi connectivity index (χ1) is 10.6. The summed E-state index contributed by atoms with van der Waals surface area (Å²) in [5.41, 5.74) is 5.58. The number of carbonyl (C=O) groups excluding carboxylic acids is 1. The van der Waals surface area contributed by atoms with Crippen molar-refractivity contribution in [2.75, 3.05) is 5.32 Å². The molecule has 2 heterocycles. The lowest BCUT2D eigenvalue weighted by atomic mass is 10.0.